The van der Waals surface area contributed by atoms with E-state index < -0.39 is 72.8 Å². The van der Waals surface area contributed by atoms with Gasteiger partial charge in [-0.25, -0.2) is 4.79 Å². The summed E-state index contributed by atoms with van der Waals surface area (Å²) in [5.74, 6) is -5.46. The Balaban J connectivity index is 2.98. The van der Waals surface area contributed by atoms with Gasteiger partial charge in [0.1, 0.15) is 18.1 Å². The second kappa shape index (κ2) is 16.6. The SMILES string of the molecule is CC(O)C(NC(=O)C(N)Cc1ccccc1)C(=O)NC(CCCN=C(N)N)C(=O)NC(CCC(=O)O)C(=O)O. The molecule has 15 nitrogen and oxygen atoms in total. The number of aliphatic hydroxyl groups is 1. The van der Waals surface area contributed by atoms with Crippen LogP contribution in [0.4, 0.5) is 0 Å². The van der Waals surface area contributed by atoms with Crippen molar-refractivity contribution in [2.75, 3.05) is 6.54 Å². The summed E-state index contributed by atoms with van der Waals surface area (Å²) in [6.45, 7) is 1.35. The number of carbonyl (C=O) groups is 5. The number of rotatable bonds is 17. The van der Waals surface area contributed by atoms with Gasteiger partial charge in [0, 0.05) is 13.0 Å². The Kier molecular flexibility index (Phi) is 13.9. The molecule has 0 bridgehead atoms. The first kappa shape index (κ1) is 32.8. The highest BCUT2D eigenvalue weighted by Crippen LogP contribution is 2.06. The Morgan fingerprint density at radius 2 is 1.51 bits per heavy atom. The van der Waals surface area contributed by atoms with Crippen LogP contribution in [-0.4, -0.2) is 87.8 Å². The molecule has 0 aromatic heterocycles. The second-order valence-corrected chi connectivity index (χ2v) is 8.86. The molecule has 0 aliphatic rings. The zero-order valence-corrected chi connectivity index (χ0v) is 21.6. The third-order valence-corrected chi connectivity index (χ3v) is 5.54. The first-order valence-corrected chi connectivity index (χ1v) is 12.2. The van der Waals surface area contributed by atoms with Crippen molar-refractivity contribution < 1.29 is 39.3 Å². The molecule has 0 heterocycles. The fraction of sp³-hybridized carbons (Fsp3) is 0.500. The molecule has 3 amide bonds. The van der Waals surface area contributed by atoms with Gasteiger partial charge in [-0.1, -0.05) is 30.3 Å². The van der Waals surface area contributed by atoms with Crippen LogP contribution < -0.4 is 33.2 Å². The number of nitrogens with zero attached hydrogens (tertiary/aromatic N) is 1. The lowest BCUT2D eigenvalue weighted by Gasteiger charge is -2.26. The van der Waals surface area contributed by atoms with Gasteiger partial charge < -0.3 is 48.5 Å². The van der Waals surface area contributed by atoms with Crippen molar-refractivity contribution in [3.05, 3.63) is 35.9 Å². The van der Waals surface area contributed by atoms with Gasteiger partial charge in [-0.2, -0.15) is 0 Å². The molecule has 0 aliphatic carbocycles. The van der Waals surface area contributed by atoms with Crippen LogP contribution in [0, 0.1) is 0 Å². The van der Waals surface area contributed by atoms with Crippen molar-refractivity contribution in [1.82, 2.24) is 16.0 Å². The van der Waals surface area contributed by atoms with Gasteiger partial charge in [-0.3, -0.25) is 24.2 Å². The van der Waals surface area contributed by atoms with Gasteiger partial charge in [0.2, 0.25) is 17.7 Å². The number of aliphatic carboxylic acids is 2. The number of carboxylic acid groups (broad SMARTS) is 2. The average Bonchev–Trinajstić information content (AvgIpc) is 2.86. The molecular formula is C24H37N7O8. The molecule has 5 unspecified atom stereocenters. The van der Waals surface area contributed by atoms with E-state index >= 15 is 0 Å². The summed E-state index contributed by atoms with van der Waals surface area (Å²) in [6.07, 6.45) is -1.98. The summed E-state index contributed by atoms with van der Waals surface area (Å²) in [6, 6.07) is 3.53. The van der Waals surface area contributed by atoms with Crippen molar-refractivity contribution in [2.24, 2.45) is 22.2 Å². The summed E-state index contributed by atoms with van der Waals surface area (Å²) < 4.78 is 0. The zero-order valence-electron chi connectivity index (χ0n) is 21.6. The van der Waals surface area contributed by atoms with Crippen LogP contribution in [0.1, 0.15) is 38.2 Å². The standard InChI is InChI=1S/C24H37N7O8/c1-13(32)19(31-20(35)15(25)12-14-6-3-2-4-7-14)22(37)29-16(8-5-11-28-24(26)27)21(36)30-17(23(38)39)9-10-18(33)34/h2-4,6-7,13,15-17,19,32H,5,8-12,25H2,1H3,(H,29,37)(H,30,36)(H,31,35)(H,33,34)(H,38,39)(H4,26,27,28). The van der Waals surface area contributed by atoms with Crippen molar-refractivity contribution >= 4 is 35.6 Å². The van der Waals surface area contributed by atoms with Crippen LogP contribution >= 0.6 is 0 Å². The van der Waals surface area contributed by atoms with Crippen LogP contribution in [0.25, 0.3) is 0 Å². The molecule has 39 heavy (non-hydrogen) atoms. The maximum atomic E-state index is 13.0. The van der Waals surface area contributed by atoms with Crippen molar-refractivity contribution in [2.45, 2.75) is 69.3 Å². The number of hydrogen-bond donors (Lipinski definition) is 9. The Labute approximate surface area is 225 Å². The summed E-state index contributed by atoms with van der Waals surface area (Å²) >= 11 is 0. The maximum Gasteiger partial charge on any atom is 0.326 e. The molecule has 0 radical (unpaired) electrons. The van der Waals surface area contributed by atoms with Gasteiger partial charge in [-0.05, 0) is 38.2 Å². The van der Waals surface area contributed by atoms with Crippen molar-refractivity contribution in [1.29, 1.82) is 0 Å². The number of carbonyl (C=O) groups excluding carboxylic acids is 3. The van der Waals surface area contributed by atoms with E-state index in [0.29, 0.717) is 0 Å². The molecule has 1 aromatic carbocycles. The first-order valence-electron chi connectivity index (χ1n) is 12.2. The molecule has 0 saturated heterocycles. The Morgan fingerprint density at radius 1 is 0.897 bits per heavy atom. The number of aliphatic imine (C=N–C) groups is 1. The minimum atomic E-state index is -1.53. The second-order valence-electron chi connectivity index (χ2n) is 8.86. The molecule has 0 spiro atoms. The fourth-order valence-electron chi connectivity index (χ4n) is 3.46. The highest BCUT2D eigenvalue weighted by Gasteiger charge is 2.32. The van der Waals surface area contributed by atoms with Crippen LogP contribution in [0.3, 0.4) is 0 Å². The largest absolute Gasteiger partial charge is 0.481 e. The summed E-state index contributed by atoms with van der Waals surface area (Å²) in [4.78, 5) is 64.7. The van der Waals surface area contributed by atoms with E-state index in [0.717, 1.165) is 5.56 Å². The molecule has 12 N–H and O–H groups in total. The summed E-state index contributed by atoms with van der Waals surface area (Å²) in [7, 11) is 0. The lowest BCUT2D eigenvalue weighted by molar-refractivity contribution is -0.143. The first-order chi connectivity index (χ1) is 18.3. The lowest BCUT2D eigenvalue weighted by Crippen LogP contribution is -2.60. The fourth-order valence-corrected chi connectivity index (χ4v) is 3.46. The van der Waals surface area contributed by atoms with E-state index in [1.54, 1.807) is 30.3 Å². The van der Waals surface area contributed by atoms with Crippen LogP contribution in [-0.2, 0) is 30.4 Å². The normalized spacial score (nSPS) is 14.5. The predicted octanol–water partition coefficient (Wildman–Crippen LogP) is -2.61. The van der Waals surface area contributed by atoms with Gasteiger partial charge in [0.25, 0.3) is 0 Å². The predicted molar refractivity (Wildman–Crippen MR) is 140 cm³/mol. The van der Waals surface area contributed by atoms with E-state index in [4.69, 9.17) is 22.3 Å². The van der Waals surface area contributed by atoms with Crippen molar-refractivity contribution in [3.63, 3.8) is 0 Å². The molecule has 1 aromatic rings. The molecule has 0 aliphatic heterocycles. The van der Waals surface area contributed by atoms with Crippen LogP contribution in [0.5, 0.6) is 0 Å². The zero-order chi connectivity index (χ0) is 29.5. The number of nitrogens with two attached hydrogens (primary N) is 3. The Bertz CT molecular complexity index is 1010. The highest BCUT2D eigenvalue weighted by molar-refractivity contribution is 5.94. The molecule has 5 atom stereocenters. The van der Waals surface area contributed by atoms with Gasteiger partial charge in [0.15, 0.2) is 5.96 Å². The van der Waals surface area contributed by atoms with Gasteiger partial charge >= 0.3 is 11.9 Å². The third kappa shape index (κ3) is 12.7. The minimum absolute atomic E-state index is 0.0480. The summed E-state index contributed by atoms with van der Waals surface area (Å²) in [5.41, 5.74) is 17.3. The minimum Gasteiger partial charge on any atom is -0.481 e. The van der Waals surface area contributed by atoms with E-state index in [9.17, 15) is 34.2 Å². The lowest BCUT2D eigenvalue weighted by atomic mass is 10.0. The number of amides is 3. The molecule has 0 fully saturated rings. The number of nitrogens with one attached hydrogen (secondary N) is 3. The summed E-state index contributed by atoms with van der Waals surface area (Å²) in [5, 5.41) is 35.4. The Hall–Kier alpha value is -4.24. The number of benzene rings is 1. The van der Waals surface area contributed by atoms with Crippen LogP contribution in [0.15, 0.2) is 35.3 Å². The molecule has 1 rings (SSSR count). The topological polar surface area (TPSA) is 273 Å². The van der Waals surface area contributed by atoms with Gasteiger partial charge in [-0.15, -0.1) is 0 Å². The average molecular weight is 552 g/mol. The third-order valence-electron chi connectivity index (χ3n) is 5.54. The molecule has 15 heteroatoms. The quantitative estimate of drug-likeness (QED) is 0.0549. The number of aliphatic hydroxyl groups excluding tert-OH is 1. The van der Waals surface area contributed by atoms with Crippen LogP contribution in [0.2, 0.25) is 0 Å². The number of carboxylic acids is 2. The van der Waals surface area contributed by atoms with E-state index in [1.165, 1.54) is 6.92 Å². The van der Waals surface area contributed by atoms with E-state index in [2.05, 4.69) is 20.9 Å². The number of hydrogen-bond acceptors (Lipinski definition) is 8. The van der Waals surface area contributed by atoms with E-state index in [1.807, 2.05) is 0 Å². The highest BCUT2D eigenvalue weighted by atomic mass is 16.4. The Morgan fingerprint density at radius 3 is 2.05 bits per heavy atom. The number of guanidine groups is 1. The molecule has 0 saturated carbocycles. The van der Waals surface area contributed by atoms with E-state index in [-0.39, 0.29) is 31.8 Å². The molecule has 216 valence electrons. The van der Waals surface area contributed by atoms with Crippen molar-refractivity contribution in [3.8, 4) is 0 Å². The monoisotopic (exact) mass is 551 g/mol. The smallest absolute Gasteiger partial charge is 0.326 e. The molecular weight excluding hydrogens is 514 g/mol. The van der Waals surface area contributed by atoms with Gasteiger partial charge in [0.05, 0.1) is 12.1 Å². The maximum absolute atomic E-state index is 13.0.